The first-order valence-corrected chi connectivity index (χ1v) is 9.38. The molecule has 0 radical (unpaired) electrons. The molecule has 6 nitrogen and oxygen atoms in total. The molecule has 0 spiro atoms. The van der Waals surface area contributed by atoms with E-state index in [0.717, 1.165) is 11.1 Å². The van der Waals surface area contributed by atoms with Gasteiger partial charge in [-0.15, -0.1) is 0 Å². The maximum absolute atomic E-state index is 12.6. The number of hydrogen-bond acceptors (Lipinski definition) is 4. The minimum atomic E-state index is -0.255. The second kappa shape index (κ2) is 8.54. The molecule has 0 saturated heterocycles. The molecule has 1 N–H and O–H groups in total. The number of nitrogens with one attached hydrogen (secondary N) is 1. The van der Waals surface area contributed by atoms with E-state index >= 15 is 0 Å². The maximum atomic E-state index is 12.6. The summed E-state index contributed by atoms with van der Waals surface area (Å²) in [5, 5.41) is 4.06. The molecule has 28 heavy (non-hydrogen) atoms. The van der Waals surface area contributed by atoms with E-state index in [9.17, 15) is 9.59 Å². The van der Waals surface area contributed by atoms with Gasteiger partial charge in [0.25, 0.3) is 5.56 Å². The molecule has 2 aromatic carbocycles. The quantitative estimate of drug-likeness (QED) is 0.693. The Kier molecular flexibility index (Phi) is 6.11. The molecule has 0 aliphatic heterocycles. The van der Waals surface area contributed by atoms with Gasteiger partial charge >= 0.3 is 0 Å². The van der Waals surface area contributed by atoms with Gasteiger partial charge in [0.05, 0.1) is 23.3 Å². The Hall–Kier alpha value is -2.70. The zero-order chi connectivity index (χ0) is 20.3. The van der Waals surface area contributed by atoms with Gasteiger partial charge < -0.3 is 10.2 Å². The lowest BCUT2D eigenvalue weighted by atomic mass is 10.1. The van der Waals surface area contributed by atoms with Crippen LogP contribution in [0.5, 0.6) is 0 Å². The monoisotopic (exact) mass is 398 g/mol. The van der Waals surface area contributed by atoms with E-state index in [4.69, 9.17) is 11.6 Å². The maximum Gasteiger partial charge on any atom is 0.261 e. The van der Waals surface area contributed by atoms with Crippen molar-refractivity contribution in [2.24, 2.45) is 0 Å². The topological polar surface area (TPSA) is 67.2 Å². The van der Waals surface area contributed by atoms with Crippen molar-refractivity contribution in [2.45, 2.75) is 19.5 Å². The fourth-order valence-electron chi connectivity index (χ4n) is 3.19. The number of fused-ring (bicyclic) bond motifs is 1. The van der Waals surface area contributed by atoms with Gasteiger partial charge in [-0.25, -0.2) is 4.98 Å². The number of para-hydroxylation sites is 1. The van der Waals surface area contributed by atoms with Gasteiger partial charge in [-0.3, -0.25) is 14.2 Å². The normalized spacial score (nSPS) is 12.3. The highest BCUT2D eigenvalue weighted by Gasteiger charge is 2.18. The van der Waals surface area contributed by atoms with E-state index in [2.05, 4.69) is 10.3 Å². The summed E-state index contributed by atoms with van der Waals surface area (Å²) in [6, 6.07) is 12.9. The second-order valence-electron chi connectivity index (χ2n) is 6.95. The van der Waals surface area contributed by atoms with Crippen molar-refractivity contribution in [3.63, 3.8) is 0 Å². The predicted molar refractivity (Wildman–Crippen MR) is 112 cm³/mol. The molecule has 1 heterocycles. The molecule has 0 bridgehead atoms. The number of benzene rings is 2. The van der Waals surface area contributed by atoms with Crippen molar-refractivity contribution < 1.29 is 4.79 Å². The molecule has 146 valence electrons. The van der Waals surface area contributed by atoms with Gasteiger partial charge in [0.15, 0.2) is 0 Å². The SMILES string of the molecule is Cc1cccc2c(=O)n(CC(=O)NC[C@H](c3ccccc3Cl)N(C)C)cnc12. The lowest BCUT2D eigenvalue weighted by Gasteiger charge is -2.26. The van der Waals surface area contributed by atoms with Crippen LogP contribution in [0.25, 0.3) is 10.9 Å². The molecule has 3 aromatic rings. The Labute approximate surface area is 168 Å². The van der Waals surface area contributed by atoms with Crippen LogP contribution in [0.3, 0.4) is 0 Å². The molecule has 0 unspecified atom stereocenters. The van der Waals surface area contributed by atoms with Crippen molar-refractivity contribution >= 4 is 28.4 Å². The van der Waals surface area contributed by atoms with Crippen molar-refractivity contribution in [2.75, 3.05) is 20.6 Å². The van der Waals surface area contributed by atoms with Gasteiger partial charge in [-0.1, -0.05) is 41.9 Å². The van der Waals surface area contributed by atoms with Crippen molar-refractivity contribution in [1.82, 2.24) is 19.8 Å². The first kappa shape index (κ1) is 20.0. The van der Waals surface area contributed by atoms with E-state index in [1.165, 1.54) is 10.9 Å². The number of carbonyl (C=O) groups excluding carboxylic acids is 1. The molecule has 3 rings (SSSR count). The average Bonchev–Trinajstić information content (AvgIpc) is 2.66. The highest BCUT2D eigenvalue weighted by atomic mass is 35.5. The second-order valence-corrected chi connectivity index (χ2v) is 7.36. The molecule has 1 amide bonds. The van der Waals surface area contributed by atoms with Crippen molar-refractivity contribution in [3.05, 3.63) is 75.3 Å². The molecule has 0 fully saturated rings. The van der Waals surface area contributed by atoms with Crippen LogP contribution >= 0.6 is 11.6 Å². The van der Waals surface area contributed by atoms with Crippen LogP contribution < -0.4 is 10.9 Å². The number of halogens is 1. The van der Waals surface area contributed by atoms with E-state index in [-0.39, 0.29) is 24.1 Å². The molecular weight excluding hydrogens is 376 g/mol. The summed E-state index contributed by atoms with van der Waals surface area (Å²) < 4.78 is 1.33. The smallest absolute Gasteiger partial charge is 0.261 e. The third-order valence-corrected chi connectivity index (χ3v) is 5.09. The van der Waals surface area contributed by atoms with Gasteiger partial charge in [0.1, 0.15) is 6.54 Å². The minimum absolute atomic E-state index is 0.0771. The number of aromatic nitrogens is 2. The predicted octanol–water partition coefficient (Wildman–Crippen LogP) is 2.78. The summed E-state index contributed by atoms with van der Waals surface area (Å²) in [5.41, 5.74) is 2.31. The highest BCUT2D eigenvalue weighted by molar-refractivity contribution is 6.31. The zero-order valence-corrected chi connectivity index (χ0v) is 16.9. The van der Waals surface area contributed by atoms with Crippen LogP contribution in [0.15, 0.2) is 53.6 Å². The summed E-state index contributed by atoms with van der Waals surface area (Å²) in [6.07, 6.45) is 1.43. The van der Waals surface area contributed by atoms with E-state index in [1.54, 1.807) is 6.07 Å². The summed E-state index contributed by atoms with van der Waals surface area (Å²) in [4.78, 5) is 31.4. The first-order valence-electron chi connectivity index (χ1n) is 9.01. The third kappa shape index (κ3) is 4.24. The van der Waals surface area contributed by atoms with Crippen LogP contribution in [0.2, 0.25) is 5.02 Å². The third-order valence-electron chi connectivity index (χ3n) is 4.75. The zero-order valence-electron chi connectivity index (χ0n) is 16.1. The summed E-state index contributed by atoms with van der Waals surface area (Å²) in [5.74, 6) is -0.255. The molecule has 0 aliphatic carbocycles. The molecule has 0 saturated carbocycles. The van der Waals surface area contributed by atoms with E-state index in [0.29, 0.717) is 22.5 Å². The summed E-state index contributed by atoms with van der Waals surface area (Å²) in [6.45, 7) is 2.20. The Morgan fingerprint density at radius 2 is 1.96 bits per heavy atom. The van der Waals surface area contributed by atoms with Crippen LogP contribution in [0.4, 0.5) is 0 Å². The Morgan fingerprint density at radius 1 is 1.21 bits per heavy atom. The Morgan fingerprint density at radius 3 is 2.68 bits per heavy atom. The number of rotatable bonds is 6. The lowest BCUT2D eigenvalue weighted by molar-refractivity contribution is -0.121. The van der Waals surface area contributed by atoms with Crippen LogP contribution in [0, 0.1) is 6.92 Å². The standard InChI is InChI=1S/C21H23ClN4O2/c1-14-7-6-9-16-20(14)24-13-26(21(16)28)12-19(27)23-11-18(25(2)3)15-8-4-5-10-17(15)22/h4-10,13,18H,11-12H2,1-3H3,(H,23,27)/t18-/m1/s1. The van der Waals surface area contributed by atoms with Crippen LogP contribution in [0.1, 0.15) is 17.2 Å². The van der Waals surface area contributed by atoms with Gasteiger partial charge in [0, 0.05) is 11.6 Å². The van der Waals surface area contributed by atoms with Gasteiger partial charge in [-0.05, 0) is 44.3 Å². The highest BCUT2D eigenvalue weighted by Crippen LogP contribution is 2.25. The fourth-order valence-corrected chi connectivity index (χ4v) is 3.45. The van der Waals surface area contributed by atoms with Gasteiger partial charge in [-0.2, -0.15) is 0 Å². The number of carbonyl (C=O) groups is 1. The summed E-state index contributed by atoms with van der Waals surface area (Å²) in [7, 11) is 3.86. The molecule has 0 aliphatic rings. The Balaban J connectivity index is 1.73. The number of aryl methyl sites for hydroxylation is 1. The van der Waals surface area contributed by atoms with Crippen LogP contribution in [-0.4, -0.2) is 41.0 Å². The molecule has 1 aromatic heterocycles. The fraction of sp³-hybridized carbons (Fsp3) is 0.286. The van der Waals surface area contributed by atoms with Crippen molar-refractivity contribution in [3.8, 4) is 0 Å². The van der Waals surface area contributed by atoms with E-state index in [1.807, 2.05) is 62.3 Å². The number of nitrogens with zero attached hydrogens (tertiary/aromatic N) is 3. The summed E-state index contributed by atoms with van der Waals surface area (Å²) >= 11 is 6.30. The molecular formula is C21H23ClN4O2. The van der Waals surface area contributed by atoms with Crippen LogP contribution in [-0.2, 0) is 11.3 Å². The van der Waals surface area contributed by atoms with Crippen molar-refractivity contribution in [1.29, 1.82) is 0 Å². The van der Waals surface area contributed by atoms with Gasteiger partial charge in [0.2, 0.25) is 5.91 Å². The number of hydrogen-bond donors (Lipinski definition) is 1. The Bertz CT molecular complexity index is 1060. The average molecular weight is 399 g/mol. The lowest BCUT2D eigenvalue weighted by Crippen LogP contribution is -2.38. The largest absolute Gasteiger partial charge is 0.353 e. The first-order chi connectivity index (χ1) is 13.4. The minimum Gasteiger partial charge on any atom is -0.353 e. The number of likely N-dealkylation sites (N-methyl/N-ethyl adjacent to an activating group) is 1. The molecule has 1 atom stereocenters. The van der Waals surface area contributed by atoms with E-state index < -0.39 is 0 Å². The molecule has 7 heteroatoms. The number of amides is 1.